The van der Waals surface area contributed by atoms with Crippen LogP contribution in [0.15, 0.2) is 24.3 Å². The summed E-state index contributed by atoms with van der Waals surface area (Å²) < 4.78 is 12.7. The van der Waals surface area contributed by atoms with Gasteiger partial charge in [0.2, 0.25) is 0 Å². The van der Waals surface area contributed by atoms with E-state index >= 15 is 0 Å². The Bertz CT molecular complexity index is 410. The molecule has 0 aliphatic heterocycles. The fourth-order valence-electron chi connectivity index (χ4n) is 1.09. The highest BCUT2D eigenvalue weighted by Gasteiger charge is 2.00. The number of carboxylic acid groups (broad SMARTS) is 1. The third-order valence-corrected chi connectivity index (χ3v) is 1.77. The summed E-state index contributed by atoms with van der Waals surface area (Å²) in [5.41, 5.74) is 0.712. The van der Waals surface area contributed by atoms with Gasteiger partial charge in [0.15, 0.2) is 6.29 Å². The van der Waals surface area contributed by atoms with Crippen molar-refractivity contribution in [3.05, 3.63) is 41.2 Å². The summed E-state index contributed by atoms with van der Waals surface area (Å²) in [7, 11) is 0. The predicted octanol–water partition coefficient (Wildman–Crippen LogP) is 2.13. The van der Waals surface area contributed by atoms with Crippen LogP contribution in [0.2, 0.25) is 0 Å². The molecule has 0 atom stereocenters. The second-order valence-corrected chi connectivity index (χ2v) is 2.89. The Hall–Kier alpha value is -1.97. The summed E-state index contributed by atoms with van der Waals surface area (Å²) >= 11 is 0. The topological polar surface area (TPSA) is 54.4 Å². The minimum absolute atomic E-state index is 0.129. The molecular formula is C11H9FO3. The van der Waals surface area contributed by atoms with Gasteiger partial charge < -0.3 is 5.11 Å². The first kappa shape index (κ1) is 11.1. The number of hydrogen-bond acceptors (Lipinski definition) is 2. The second-order valence-electron chi connectivity index (χ2n) is 2.89. The molecule has 0 amide bonds. The van der Waals surface area contributed by atoms with Gasteiger partial charge in [-0.2, -0.15) is 0 Å². The van der Waals surface area contributed by atoms with E-state index in [-0.39, 0.29) is 12.0 Å². The zero-order valence-corrected chi connectivity index (χ0v) is 7.81. The van der Waals surface area contributed by atoms with Gasteiger partial charge in [-0.15, -0.1) is 0 Å². The van der Waals surface area contributed by atoms with Crippen molar-refractivity contribution in [2.75, 3.05) is 0 Å². The maximum absolute atomic E-state index is 12.7. The van der Waals surface area contributed by atoms with Gasteiger partial charge in [-0.3, -0.25) is 9.59 Å². The fraction of sp³-hybridized carbons (Fsp3) is 0.0909. The molecule has 0 heterocycles. The highest BCUT2D eigenvalue weighted by atomic mass is 19.1. The molecule has 0 aliphatic carbocycles. The molecule has 0 saturated carbocycles. The van der Waals surface area contributed by atoms with E-state index in [0.717, 1.165) is 6.07 Å². The van der Waals surface area contributed by atoms with Crippen molar-refractivity contribution in [2.24, 2.45) is 0 Å². The number of rotatable bonds is 4. The summed E-state index contributed by atoms with van der Waals surface area (Å²) in [6.45, 7) is 0. The molecule has 0 unspecified atom stereocenters. The molecule has 0 saturated heterocycles. The van der Waals surface area contributed by atoms with E-state index in [2.05, 4.69) is 0 Å². The molecule has 0 aromatic heterocycles. The zero-order valence-electron chi connectivity index (χ0n) is 7.81. The lowest BCUT2D eigenvalue weighted by Gasteiger charge is -1.98. The van der Waals surface area contributed by atoms with E-state index in [4.69, 9.17) is 5.11 Å². The number of halogens is 1. The fourth-order valence-corrected chi connectivity index (χ4v) is 1.09. The maximum Gasteiger partial charge on any atom is 0.307 e. The van der Waals surface area contributed by atoms with Crippen molar-refractivity contribution >= 4 is 18.3 Å². The lowest BCUT2D eigenvalue weighted by Crippen LogP contribution is -1.91. The third-order valence-electron chi connectivity index (χ3n) is 1.77. The van der Waals surface area contributed by atoms with Crippen LogP contribution in [-0.4, -0.2) is 17.4 Å². The summed E-state index contributed by atoms with van der Waals surface area (Å²) in [5.74, 6) is -1.45. The molecule has 1 aromatic rings. The first-order valence-corrected chi connectivity index (χ1v) is 4.26. The highest BCUT2D eigenvalue weighted by molar-refractivity contribution is 5.82. The van der Waals surface area contributed by atoms with Crippen LogP contribution in [0, 0.1) is 5.82 Å². The average Bonchev–Trinajstić information content (AvgIpc) is 2.19. The largest absolute Gasteiger partial charge is 0.481 e. The third kappa shape index (κ3) is 3.34. The van der Waals surface area contributed by atoms with Gasteiger partial charge in [0.1, 0.15) is 5.82 Å². The Kier molecular flexibility index (Phi) is 3.74. The van der Waals surface area contributed by atoms with Crippen LogP contribution in [0.5, 0.6) is 0 Å². The molecule has 78 valence electrons. The predicted molar refractivity (Wildman–Crippen MR) is 53.1 cm³/mol. The first-order chi connectivity index (χ1) is 7.13. The number of carbonyl (C=O) groups excluding carboxylic acids is 1. The van der Waals surface area contributed by atoms with Crippen LogP contribution in [0.1, 0.15) is 22.3 Å². The first-order valence-electron chi connectivity index (χ1n) is 4.26. The molecule has 1 N–H and O–H groups in total. The van der Waals surface area contributed by atoms with Crippen molar-refractivity contribution < 1.29 is 19.1 Å². The summed E-state index contributed by atoms with van der Waals surface area (Å²) in [4.78, 5) is 20.8. The quantitative estimate of drug-likeness (QED) is 0.771. The molecule has 3 nitrogen and oxygen atoms in total. The lowest BCUT2D eigenvalue weighted by atomic mass is 10.1. The van der Waals surface area contributed by atoms with Crippen LogP contribution < -0.4 is 0 Å². The monoisotopic (exact) mass is 208 g/mol. The molecular weight excluding hydrogens is 199 g/mol. The summed E-state index contributed by atoms with van der Waals surface area (Å²) in [6.07, 6.45) is 3.29. The van der Waals surface area contributed by atoms with Gasteiger partial charge in [0.05, 0.1) is 6.42 Å². The van der Waals surface area contributed by atoms with Gasteiger partial charge >= 0.3 is 5.97 Å². The number of aliphatic carboxylic acids is 1. The highest BCUT2D eigenvalue weighted by Crippen LogP contribution is 2.11. The second kappa shape index (κ2) is 5.05. The molecule has 1 aromatic carbocycles. The van der Waals surface area contributed by atoms with E-state index in [1.165, 1.54) is 24.3 Å². The number of hydrogen-bond donors (Lipinski definition) is 1. The van der Waals surface area contributed by atoms with Crippen molar-refractivity contribution in [1.82, 2.24) is 0 Å². The molecule has 1 rings (SSSR count). The maximum atomic E-state index is 12.7. The standard InChI is InChI=1S/C11H9FO3/c12-10-5-4-8(9(6-10)7-13)2-1-3-11(14)15/h1-2,4-7H,3H2,(H,14,15). The smallest absolute Gasteiger partial charge is 0.307 e. The SMILES string of the molecule is O=Cc1cc(F)ccc1C=CCC(=O)O. The Morgan fingerprint density at radius 2 is 2.13 bits per heavy atom. The Morgan fingerprint density at radius 1 is 1.40 bits per heavy atom. The lowest BCUT2D eigenvalue weighted by molar-refractivity contribution is -0.135. The molecule has 0 fully saturated rings. The normalized spacial score (nSPS) is 10.5. The number of benzene rings is 1. The van der Waals surface area contributed by atoms with E-state index in [9.17, 15) is 14.0 Å². The Morgan fingerprint density at radius 3 is 2.73 bits per heavy atom. The Labute approximate surface area is 85.8 Å². The minimum atomic E-state index is -0.957. The van der Waals surface area contributed by atoms with E-state index in [0.29, 0.717) is 11.8 Å². The van der Waals surface area contributed by atoms with Crippen molar-refractivity contribution in [1.29, 1.82) is 0 Å². The van der Waals surface area contributed by atoms with Gasteiger partial charge in [-0.05, 0) is 17.7 Å². The average molecular weight is 208 g/mol. The van der Waals surface area contributed by atoms with Crippen LogP contribution in [-0.2, 0) is 4.79 Å². The van der Waals surface area contributed by atoms with Crippen LogP contribution in [0.25, 0.3) is 6.08 Å². The number of aldehydes is 1. The molecule has 0 spiro atoms. The molecule has 15 heavy (non-hydrogen) atoms. The summed E-state index contributed by atoms with van der Waals surface area (Å²) in [5, 5.41) is 8.38. The van der Waals surface area contributed by atoms with Gasteiger partial charge in [-0.25, -0.2) is 4.39 Å². The van der Waals surface area contributed by atoms with Gasteiger partial charge in [0, 0.05) is 5.56 Å². The Balaban J connectivity index is 2.89. The van der Waals surface area contributed by atoms with Crippen LogP contribution >= 0.6 is 0 Å². The van der Waals surface area contributed by atoms with Crippen molar-refractivity contribution in [3.63, 3.8) is 0 Å². The minimum Gasteiger partial charge on any atom is -0.481 e. The van der Waals surface area contributed by atoms with Crippen molar-refractivity contribution in [2.45, 2.75) is 6.42 Å². The van der Waals surface area contributed by atoms with E-state index in [1.54, 1.807) is 0 Å². The molecule has 0 aliphatic rings. The summed E-state index contributed by atoms with van der Waals surface area (Å²) in [6, 6.07) is 3.75. The molecule has 4 heteroatoms. The number of carbonyl (C=O) groups is 2. The molecule has 0 radical (unpaired) electrons. The van der Waals surface area contributed by atoms with E-state index < -0.39 is 11.8 Å². The number of carboxylic acids is 1. The van der Waals surface area contributed by atoms with Crippen LogP contribution in [0.3, 0.4) is 0 Å². The molecule has 0 bridgehead atoms. The van der Waals surface area contributed by atoms with Gasteiger partial charge in [0.25, 0.3) is 0 Å². The van der Waals surface area contributed by atoms with E-state index in [1.807, 2.05) is 0 Å². The zero-order chi connectivity index (χ0) is 11.3. The van der Waals surface area contributed by atoms with Crippen LogP contribution in [0.4, 0.5) is 4.39 Å². The van der Waals surface area contributed by atoms with Gasteiger partial charge in [-0.1, -0.05) is 18.2 Å². The van der Waals surface area contributed by atoms with Crippen molar-refractivity contribution in [3.8, 4) is 0 Å².